The van der Waals surface area contributed by atoms with Gasteiger partial charge in [-0.25, -0.2) is 0 Å². The molecule has 2 aliphatic rings. The number of halogens is 9. The molecule has 2 atom stereocenters. The highest BCUT2D eigenvalue weighted by atomic mass is 19.4. The lowest BCUT2D eigenvalue weighted by atomic mass is 9.87. The fourth-order valence-electron chi connectivity index (χ4n) is 6.53. The summed E-state index contributed by atoms with van der Waals surface area (Å²) in [5.74, 6) is -1.77. The van der Waals surface area contributed by atoms with Crippen molar-refractivity contribution < 1.29 is 59.3 Å². The zero-order valence-corrected chi connectivity index (χ0v) is 26.6. The van der Waals surface area contributed by atoms with Crippen LogP contribution >= 0.6 is 0 Å². The molecule has 2 aromatic carbocycles. The maximum atomic E-state index is 14.2. The number of hydrogen-bond acceptors (Lipinski definition) is 8. The average Bonchev–Trinajstić information content (AvgIpc) is 3.36. The van der Waals surface area contributed by atoms with E-state index in [1.54, 1.807) is 0 Å². The number of alkyl halides is 9. The van der Waals surface area contributed by atoms with Crippen LogP contribution < -0.4 is 9.80 Å². The number of nitrogens with zero attached hydrogens (tertiary/aromatic N) is 6. The number of ether oxygens (including phenoxy) is 1. The number of benzene rings is 2. The zero-order valence-electron chi connectivity index (χ0n) is 26.6. The molecule has 1 aromatic heterocycles. The lowest BCUT2D eigenvalue weighted by Gasteiger charge is -2.36. The highest BCUT2D eigenvalue weighted by Gasteiger charge is 2.40. The van der Waals surface area contributed by atoms with Gasteiger partial charge >= 0.3 is 24.5 Å². The smallest absolute Gasteiger partial charge is 0.416 e. The molecule has 10 nitrogen and oxygen atoms in total. The number of carbonyl (C=O) groups is 1. The first-order chi connectivity index (χ1) is 23.2. The van der Waals surface area contributed by atoms with E-state index in [0.717, 1.165) is 10.9 Å². The molecule has 0 amide bonds. The Morgan fingerprint density at radius 3 is 2.08 bits per heavy atom. The number of carboxylic acids is 1. The van der Waals surface area contributed by atoms with Crippen LogP contribution in [0.15, 0.2) is 30.3 Å². The van der Waals surface area contributed by atoms with Crippen LogP contribution in [0.2, 0.25) is 0 Å². The molecule has 2 unspecified atom stereocenters. The quantitative estimate of drug-likeness (QED) is 0.190. The van der Waals surface area contributed by atoms with Crippen molar-refractivity contribution in [2.24, 2.45) is 13.0 Å². The van der Waals surface area contributed by atoms with Crippen LogP contribution in [-0.2, 0) is 41.7 Å². The topological polar surface area (TPSA) is 117 Å². The summed E-state index contributed by atoms with van der Waals surface area (Å²) in [5, 5.41) is 32.4. The molecule has 2 N–H and O–H groups in total. The number of aliphatic hydroxyl groups is 1. The molecule has 0 bridgehead atoms. The summed E-state index contributed by atoms with van der Waals surface area (Å²) in [4.78, 5) is 14.9. The van der Waals surface area contributed by atoms with Gasteiger partial charge in [-0.1, -0.05) is 11.2 Å². The Morgan fingerprint density at radius 1 is 0.940 bits per heavy atom. The summed E-state index contributed by atoms with van der Waals surface area (Å²) >= 11 is 0. The average molecular weight is 725 g/mol. The molecule has 0 saturated heterocycles. The second kappa shape index (κ2) is 13.9. The van der Waals surface area contributed by atoms with E-state index in [0.29, 0.717) is 12.1 Å². The molecule has 19 heteroatoms. The lowest BCUT2D eigenvalue weighted by Crippen LogP contribution is -2.41. The van der Waals surface area contributed by atoms with Crippen molar-refractivity contribution in [1.82, 2.24) is 20.2 Å². The van der Waals surface area contributed by atoms with Gasteiger partial charge in [0, 0.05) is 18.8 Å². The summed E-state index contributed by atoms with van der Waals surface area (Å²) in [6.45, 7) is 0.518. The predicted octanol–water partition coefficient (Wildman–Crippen LogP) is 6.86. The Hall–Kier alpha value is -4.13. The van der Waals surface area contributed by atoms with Gasteiger partial charge in [-0.05, 0) is 91.6 Å². The number of aryl methyl sites for hydroxylation is 2. The van der Waals surface area contributed by atoms with Gasteiger partial charge in [-0.3, -0.25) is 4.79 Å². The third-order valence-electron chi connectivity index (χ3n) is 8.96. The molecule has 1 fully saturated rings. The summed E-state index contributed by atoms with van der Waals surface area (Å²) in [6.07, 6.45) is -16.1. The van der Waals surface area contributed by atoms with Gasteiger partial charge in [0.25, 0.3) is 5.95 Å². The monoisotopic (exact) mass is 724 g/mol. The van der Waals surface area contributed by atoms with E-state index >= 15 is 0 Å². The Kier molecular flexibility index (Phi) is 10.3. The van der Waals surface area contributed by atoms with E-state index in [2.05, 4.69) is 15.4 Å². The van der Waals surface area contributed by atoms with Crippen molar-refractivity contribution in [3.63, 3.8) is 0 Å². The van der Waals surface area contributed by atoms with Crippen molar-refractivity contribution >= 4 is 17.6 Å². The number of fused-ring (bicyclic) bond motifs is 1. The van der Waals surface area contributed by atoms with Crippen LogP contribution in [0.1, 0.15) is 77.9 Å². The van der Waals surface area contributed by atoms with E-state index in [4.69, 9.17) is 4.74 Å². The summed E-state index contributed by atoms with van der Waals surface area (Å²) in [7, 11) is 1.38. The molecule has 0 spiro atoms. The van der Waals surface area contributed by atoms with Gasteiger partial charge in [-0.2, -0.15) is 44.3 Å². The second-order valence-electron chi connectivity index (χ2n) is 12.5. The van der Waals surface area contributed by atoms with Crippen LogP contribution in [-0.4, -0.2) is 55.5 Å². The Labute approximate surface area is 279 Å². The van der Waals surface area contributed by atoms with Gasteiger partial charge in [0.1, 0.15) is 0 Å². The van der Waals surface area contributed by atoms with E-state index in [-0.39, 0.29) is 73.9 Å². The number of carboxylic acid groups (broad SMARTS) is 1. The predicted molar refractivity (Wildman–Crippen MR) is 157 cm³/mol. The van der Waals surface area contributed by atoms with Crippen LogP contribution in [0.25, 0.3) is 0 Å². The maximum Gasteiger partial charge on any atom is 0.416 e. The molecule has 0 radical (unpaired) electrons. The first-order valence-corrected chi connectivity index (χ1v) is 15.6. The molecule has 1 saturated carbocycles. The molecular weight excluding hydrogens is 691 g/mol. The minimum atomic E-state index is -5.13. The maximum absolute atomic E-state index is 14.2. The lowest BCUT2D eigenvalue weighted by molar-refractivity contribution is -0.155. The van der Waals surface area contributed by atoms with Gasteiger partial charge in [0.05, 0.1) is 41.8 Å². The van der Waals surface area contributed by atoms with Gasteiger partial charge in [0.2, 0.25) is 6.41 Å². The fourth-order valence-corrected chi connectivity index (χ4v) is 6.53. The summed E-state index contributed by atoms with van der Waals surface area (Å²) in [5.41, 5.74) is -4.77. The highest BCUT2D eigenvalue weighted by molar-refractivity contribution is 5.70. The summed E-state index contributed by atoms with van der Waals surface area (Å²) < 4.78 is 131. The number of aliphatic hydroxyl groups excluding tert-OH is 1. The molecular formula is C31H33F9N6O4. The van der Waals surface area contributed by atoms with Crippen LogP contribution in [0.3, 0.4) is 0 Å². The zero-order chi connectivity index (χ0) is 36.8. The van der Waals surface area contributed by atoms with Gasteiger partial charge < -0.3 is 24.7 Å². The minimum Gasteiger partial charge on any atom is -0.481 e. The van der Waals surface area contributed by atoms with Crippen molar-refractivity contribution in [1.29, 1.82) is 0 Å². The van der Waals surface area contributed by atoms with Crippen molar-refractivity contribution in [3.8, 4) is 0 Å². The van der Waals surface area contributed by atoms with Crippen molar-refractivity contribution in [2.75, 3.05) is 16.3 Å². The van der Waals surface area contributed by atoms with Crippen LogP contribution in [0.5, 0.6) is 0 Å². The molecule has 2 heterocycles. The number of aliphatic carboxylic acids is 1. The molecule has 1 aliphatic heterocycles. The third-order valence-corrected chi connectivity index (χ3v) is 8.96. The normalized spacial score (nSPS) is 21.0. The first-order valence-electron chi connectivity index (χ1n) is 15.6. The fraction of sp³-hybridized carbons (Fsp3) is 0.548. The van der Waals surface area contributed by atoms with E-state index in [1.165, 1.54) is 29.8 Å². The summed E-state index contributed by atoms with van der Waals surface area (Å²) in [6, 6.07) is 2.11. The van der Waals surface area contributed by atoms with Crippen LogP contribution in [0, 0.1) is 12.8 Å². The van der Waals surface area contributed by atoms with E-state index in [1.807, 2.05) is 0 Å². The minimum absolute atomic E-state index is 0.00914. The second-order valence-corrected chi connectivity index (χ2v) is 12.5. The molecule has 3 aromatic rings. The molecule has 274 valence electrons. The van der Waals surface area contributed by atoms with Crippen molar-refractivity contribution in [2.45, 2.75) is 89.1 Å². The number of hydrogen-bond donors (Lipinski definition) is 2. The van der Waals surface area contributed by atoms with Crippen molar-refractivity contribution in [3.05, 3.63) is 63.7 Å². The van der Waals surface area contributed by atoms with Gasteiger partial charge in [0.15, 0.2) is 0 Å². The highest BCUT2D eigenvalue weighted by Crippen LogP contribution is 2.45. The number of aromatic nitrogens is 4. The van der Waals surface area contributed by atoms with Crippen LogP contribution in [0.4, 0.5) is 51.1 Å². The Morgan fingerprint density at radius 2 is 1.56 bits per heavy atom. The first kappa shape index (κ1) is 37.1. The van der Waals surface area contributed by atoms with Gasteiger partial charge in [-0.15, -0.1) is 5.10 Å². The molecule has 1 aliphatic carbocycles. The SMILES string of the molecule is Cc1cc2c(cc1C(F)(F)F)N(C(O)OC1CCC(C(=O)O)CC1)CCCC2N(Cc1cc(C(F)(F)F)cc(C(F)(F)F)c1)c1nnn(C)n1. The largest absolute Gasteiger partial charge is 0.481 e. The number of rotatable bonds is 8. The molecule has 50 heavy (non-hydrogen) atoms. The Balaban J connectivity index is 1.59. The van der Waals surface area contributed by atoms with E-state index < -0.39 is 77.8 Å². The Bertz CT molecular complexity index is 1650. The number of anilines is 2. The number of tetrazole rings is 1. The standard InChI is InChI=1S/C31H33F9N6O4/c1-16-10-22-24(46(27-41-43-44(2)42-27)15-17-11-19(29(32,33)34)13-20(12-17)30(35,36)37)4-3-9-45(25(22)14-23(16)31(38,39)40)28(49)50-21-7-5-18(6-8-21)26(47)48/h10-14,18,21,24,28,49H,3-9,15H2,1-2H3,(H,47,48). The molecule has 5 rings (SSSR count). The van der Waals surface area contributed by atoms with E-state index in [9.17, 15) is 54.5 Å². The third kappa shape index (κ3) is 8.25.